The Hall–Kier alpha value is -2.93. The van der Waals surface area contributed by atoms with Crippen LogP contribution in [-0.2, 0) is 14.3 Å². The number of carbonyl (C=O) groups excluding carboxylic acids is 1. The first kappa shape index (κ1) is 28.6. The van der Waals surface area contributed by atoms with Crippen molar-refractivity contribution >= 4 is 17.6 Å². The average Bonchev–Trinajstić information content (AvgIpc) is 2.76. The number of aromatic nitrogens is 1. The highest BCUT2D eigenvalue weighted by Gasteiger charge is 2.37. The summed E-state index contributed by atoms with van der Waals surface area (Å²) in [6.45, 7) is 19.5. The summed E-state index contributed by atoms with van der Waals surface area (Å²) in [5.41, 5.74) is 4.74. The first-order valence-electron chi connectivity index (χ1n) is 13.1. The SMILES string of the molecule is Cc1nc(C)c([C@H](OC(C)(C)C)C(=O)OC(C)C)c(N2CCC(C)(C)CC2)c1-c1ccc(C(=O)O)cc1. The molecule has 7 heteroatoms. The van der Waals surface area contributed by atoms with Crippen LogP contribution in [0.2, 0.25) is 0 Å². The highest BCUT2D eigenvalue weighted by molar-refractivity contribution is 5.91. The fraction of sp³-hybridized carbons (Fsp3) is 0.567. The maximum absolute atomic E-state index is 13.5. The van der Waals surface area contributed by atoms with Gasteiger partial charge < -0.3 is 19.5 Å². The molecule has 0 radical (unpaired) electrons. The van der Waals surface area contributed by atoms with Crippen LogP contribution in [0.25, 0.3) is 11.1 Å². The number of carbonyl (C=O) groups is 2. The zero-order chi connectivity index (χ0) is 27.7. The Kier molecular flexibility index (Phi) is 8.37. The standard InChI is InChI=1S/C30H42N2O5/c1-18(2)36-28(35)26(37-29(5,6)7)24-20(4)31-19(3)23(21-10-12-22(13-11-21)27(33)34)25(24)32-16-14-30(8,9)15-17-32/h10-13,18,26H,14-17H2,1-9H3,(H,33,34)/t26-/m0/s1. The molecule has 0 spiro atoms. The van der Waals surface area contributed by atoms with Crippen molar-refractivity contribution < 1.29 is 24.2 Å². The molecule has 1 atom stereocenters. The van der Waals surface area contributed by atoms with E-state index >= 15 is 0 Å². The number of carboxylic acids is 1. The van der Waals surface area contributed by atoms with Crippen molar-refractivity contribution in [3.63, 3.8) is 0 Å². The number of aromatic carboxylic acids is 1. The number of esters is 1. The molecule has 202 valence electrons. The molecule has 0 bridgehead atoms. The number of carboxylic acid groups (broad SMARTS) is 1. The van der Waals surface area contributed by atoms with Gasteiger partial charge in [-0.25, -0.2) is 9.59 Å². The maximum atomic E-state index is 13.5. The number of ether oxygens (including phenoxy) is 2. The molecule has 0 saturated carbocycles. The van der Waals surface area contributed by atoms with Crippen LogP contribution in [0.4, 0.5) is 5.69 Å². The molecule has 1 aromatic heterocycles. The lowest BCUT2D eigenvalue weighted by molar-refractivity contribution is -0.171. The number of rotatable bonds is 7. The molecule has 3 rings (SSSR count). The smallest absolute Gasteiger partial charge is 0.340 e. The summed E-state index contributed by atoms with van der Waals surface area (Å²) in [6.07, 6.45) is 0.758. The van der Waals surface area contributed by atoms with Crippen LogP contribution in [0.1, 0.15) is 94.7 Å². The van der Waals surface area contributed by atoms with Crippen LogP contribution in [0, 0.1) is 19.3 Å². The Morgan fingerprint density at radius 3 is 2.08 bits per heavy atom. The summed E-state index contributed by atoms with van der Waals surface area (Å²) in [5, 5.41) is 9.41. The molecule has 1 fully saturated rings. The second-order valence-corrected chi connectivity index (χ2v) is 12.0. The number of pyridine rings is 1. The average molecular weight is 511 g/mol. The molecule has 1 N–H and O–H groups in total. The lowest BCUT2D eigenvalue weighted by Gasteiger charge is -2.41. The first-order valence-corrected chi connectivity index (χ1v) is 13.1. The van der Waals surface area contributed by atoms with Crippen LogP contribution in [0.5, 0.6) is 0 Å². The quantitative estimate of drug-likeness (QED) is 0.425. The molecule has 0 amide bonds. The van der Waals surface area contributed by atoms with Crippen molar-refractivity contribution in [3.05, 3.63) is 46.8 Å². The molecule has 0 aliphatic carbocycles. The van der Waals surface area contributed by atoms with Crippen LogP contribution >= 0.6 is 0 Å². The van der Waals surface area contributed by atoms with Crippen molar-refractivity contribution in [1.82, 2.24) is 4.98 Å². The molecule has 37 heavy (non-hydrogen) atoms. The Bertz CT molecular complexity index is 1140. The van der Waals surface area contributed by atoms with Gasteiger partial charge >= 0.3 is 11.9 Å². The van der Waals surface area contributed by atoms with Crippen molar-refractivity contribution in [1.29, 1.82) is 0 Å². The van der Waals surface area contributed by atoms with E-state index in [1.165, 1.54) is 0 Å². The van der Waals surface area contributed by atoms with E-state index in [0.29, 0.717) is 5.56 Å². The third-order valence-electron chi connectivity index (χ3n) is 6.73. The Balaban J connectivity index is 2.31. The summed E-state index contributed by atoms with van der Waals surface area (Å²) in [4.78, 5) is 32.2. The van der Waals surface area contributed by atoms with Crippen LogP contribution < -0.4 is 4.90 Å². The first-order chi connectivity index (χ1) is 17.1. The van der Waals surface area contributed by atoms with E-state index in [1.807, 2.05) is 60.6 Å². The number of hydrogen-bond acceptors (Lipinski definition) is 6. The third kappa shape index (κ3) is 6.89. The van der Waals surface area contributed by atoms with Gasteiger partial charge in [0.05, 0.1) is 23.0 Å². The summed E-state index contributed by atoms with van der Waals surface area (Å²) in [5.74, 6) is -1.41. The Morgan fingerprint density at radius 1 is 1.03 bits per heavy atom. The topological polar surface area (TPSA) is 89.0 Å². The van der Waals surface area contributed by atoms with Crippen LogP contribution in [-0.4, -0.2) is 46.8 Å². The minimum Gasteiger partial charge on any atom is -0.478 e. The van der Waals surface area contributed by atoms with Crippen molar-refractivity contribution in [2.24, 2.45) is 5.41 Å². The number of aryl methyl sites for hydroxylation is 2. The van der Waals surface area contributed by atoms with Gasteiger partial charge in [-0.1, -0.05) is 26.0 Å². The summed E-state index contributed by atoms with van der Waals surface area (Å²) in [6, 6.07) is 6.85. The minimum absolute atomic E-state index is 0.220. The fourth-order valence-electron chi connectivity index (χ4n) is 4.82. The van der Waals surface area contributed by atoms with E-state index in [4.69, 9.17) is 14.5 Å². The molecule has 1 saturated heterocycles. The van der Waals surface area contributed by atoms with Gasteiger partial charge in [-0.05, 0) is 84.4 Å². The van der Waals surface area contributed by atoms with E-state index in [2.05, 4.69) is 18.7 Å². The number of hydrogen-bond donors (Lipinski definition) is 1. The van der Waals surface area contributed by atoms with Gasteiger partial charge in [0.15, 0.2) is 6.10 Å². The van der Waals surface area contributed by atoms with Gasteiger partial charge in [0.2, 0.25) is 0 Å². The van der Waals surface area contributed by atoms with Gasteiger partial charge in [0, 0.05) is 35.6 Å². The van der Waals surface area contributed by atoms with E-state index < -0.39 is 23.6 Å². The Morgan fingerprint density at radius 2 is 1.59 bits per heavy atom. The monoisotopic (exact) mass is 510 g/mol. The van der Waals surface area contributed by atoms with Crippen molar-refractivity contribution in [3.8, 4) is 11.1 Å². The molecule has 1 aliphatic rings. The minimum atomic E-state index is -0.973. The summed E-state index contributed by atoms with van der Waals surface area (Å²) < 4.78 is 12.1. The summed E-state index contributed by atoms with van der Waals surface area (Å²) in [7, 11) is 0. The van der Waals surface area contributed by atoms with Crippen molar-refractivity contribution in [2.45, 2.75) is 93.0 Å². The highest BCUT2D eigenvalue weighted by atomic mass is 16.6. The molecule has 2 aromatic rings. The number of anilines is 1. The van der Waals surface area contributed by atoms with E-state index in [9.17, 15) is 14.7 Å². The summed E-state index contributed by atoms with van der Waals surface area (Å²) >= 11 is 0. The molecular weight excluding hydrogens is 468 g/mol. The lowest BCUT2D eigenvalue weighted by Crippen LogP contribution is -2.39. The van der Waals surface area contributed by atoms with E-state index in [-0.39, 0.29) is 17.1 Å². The van der Waals surface area contributed by atoms with Crippen LogP contribution in [0.3, 0.4) is 0 Å². The van der Waals surface area contributed by atoms with Crippen molar-refractivity contribution in [2.75, 3.05) is 18.0 Å². The van der Waals surface area contributed by atoms with E-state index in [0.717, 1.165) is 54.1 Å². The second kappa shape index (κ2) is 10.8. The van der Waals surface area contributed by atoms with Gasteiger partial charge in [-0.15, -0.1) is 0 Å². The zero-order valence-electron chi connectivity index (χ0n) is 23.8. The Labute approximate surface area is 221 Å². The maximum Gasteiger partial charge on any atom is 0.340 e. The fourth-order valence-corrected chi connectivity index (χ4v) is 4.82. The number of nitrogens with zero attached hydrogens (tertiary/aromatic N) is 2. The second-order valence-electron chi connectivity index (χ2n) is 12.0. The van der Waals surface area contributed by atoms with Gasteiger partial charge in [0.1, 0.15) is 0 Å². The van der Waals surface area contributed by atoms with Gasteiger partial charge in [0.25, 0.3) is 0 Å². The third-order valence-corrected chi connectivity index (χ3v) is 6.73. The number of benzene rings is 1. The normalized spacial score (nSPS) is 16.5. The zero-order valence-corrected chi connectivity index (χ0v) is 23.8. The molecule has 1 aliphatic heterocycles. The molecule has 2 heterocycles. The lowest BCUT2D eigenvalue weighted by atomic mass is 9.81. The van der Waals surface area contributed by atoms with Gasteiger partial charge in [-0.2, -0.15) is 0 Å². The largest absolute Gasteiger partial charge is 0.478 e. The molecule has 7 nitrogen and oxygen atoms in total. The predicted molar refractivity (Wildman–Crippen MR) is 146 cm³/mol. The van der Waals surface area contributed by atoms with Crippen LogP contribution in [0.15, 0.2) is 24.3 Å². The van der Waals surface area contributed by atoms with Gasteiger partial charge in [-0.3, -0.25) is 4.98 Å². The highest BCUT2D eigenvalue weighted by Crippen LogP contribution is 2.45. The molecule has 0 unspecified atom stereocenters. The molecular formula is C30H42N2O5. The number of piperidine rings is 1. The molecule has 1 aromatic carbocycles. The predicted octanol–water partition coefficient (Wildman–Crippen LogP) is 6.50. The van der Waals surface area contributed by atoms with E-state index in [1.54, 1.807) is 12.1 Å².